The predicted octanol–water partition coefficient (Wildman–Crippen LogP) is 4.05. The van der Waals surface area contributed by atoms with Crippen LogP contribution < -0.4 is 5.32 Å². The molecule has 29 heavy (non-hydrogen) atoms. The molecule has 4 aliphatic rings. The van der Waals surface area contributed by atoms with E-state index in [1.165, 1.54) is 11.3 Å². The summed E-state index contributed by atoms with van der Waals surface area (Å²) in [6.45, 7) is 2.04. The van der Waals surface area contributed by atoms with Gasteiger partial charge in [-0.1, -0.05) is 18.6 Å². The zero-order chi connectivity index (χ0) is 20.5. The molecule has 1 fully saturated rings. The number of hydrogen-bond acceptors (Lipinski definition) is 5. The van der Waals surface area contributed by atoms with Crippen molar-refractivity contribution in [1.82, 2.24) is 0 Å². The minimum atomic E-state index is -0.920. The van der Waals surface area contributed by atoms with Gasteiger partial charge in [-0.2, -0.15) is 0 Å². The molecule has 7 heteroatoms. The third-order valence-electron chi connectivity index (χ3n) is 6.47. The summed E-state index contributed by atoms with van der Waals surface area (Å²) in [5, 5.41) is 13.2. The van der Waals surface area contributed by atoms with Crippen molar-refractivity contribution in [2.45, 2.75) is 51.9 Å². The molecule has 0 unspecified atom stereocenters. The van der Waals surface area contributed by atoms with Crippen LogP contribution in [0.3, 0.4) is 0 Å². The third kappa shape index (κ3) is 3.72. The lowest BCUT2D eigenvalue weighted by atomic mass is 9.62. The zero-order valence-electron chi connectivity index (χ0n) is 16.6. The molecule has 0 radical (unpaired) electrons. The second kappa shape index (κ2) is 8.30. The minimum Gasteiger partial charge on any atom is -0.481 e. The van der Waals surface area contributed by atoms with Gasteiger partial charge in [0.25, 0.3) is 0 Å². The smallest absolute Gasteiger partial charge is 0.341 e. The highest BCUT2D eigenvalue weighted by atomic mass is 32.1. The van der Waals surface area contributed by atoms with E-state index < -0.39 is 23.8 Å². The molecule has 2 bridgehead atoms. The number of esters is 1. The Morgan fingerprint density at radius 2 is 1.79 bits per heavy atom. The lowest BCUT2D eigenvalue weighted by Crippen LogP contribution is -2.47. The van der Waals surface area contributed by atoms with Crippen LogP contribution in [-0.4, -0.2) is 29.6 Å². The number of fused-ring (bicyclic) bond motifs is 3. The van der Waals surface area contributed by atoms with Crippen molar-refractivity contribution < 1.29 is 24.2 Å². The highest BCUT2D eigenvalue weighted by Gasteiger charge is 2.48. The molecular formula is C22H27NO5S. The number of hydrogen-bond donors (Lipinski definition) is 2. The molecule has 0 saturated heterocycles. The number of carbonyl (C=O) groups excluding carboxylic acids is 2. The van der Waals surface area contributed by atoms with Gasteiger partial charge in [-0.3, -0.25) is 9.59 Å². The van der Waals surface area contributed by atoms with Crippen LogP contribution in [0.4, 0.5) is 5.00 Å². The fourth-order valence-corrected chi connectivity index (χ4v) is 6.41. The maximum absolute atomic E-state index is 13.2. The highest BCUT2D eigenvalue weighted by molar-refractivity contribution is 7.17. The van der Waals surface area contributed by atoms with Gasteiger partial charge >= 0.3 is 11.9 Å². The quantitative estimate of drug-likeness (QED) is 0.428. The van der Waals surface area contributed by atoms with E-state index in [0.29, 0.717) is 10.6 Å². The van der Waals surface area contributed by atoms with Gasteiger partial charge in [0.05, 0.1) is 24.0 Å². The van der Waals surface area contributed by atoms with Crippen LogP contribution in [0, 0.1) is 23.7 Å². The van der Waals surface area contributed by atoms with Gasteiger partial charge in [-0.15, -0.1) is 11.3 Å². The normalized spacial score (nSPS) is 27.8. The van der Waals surface area contributed by atoms with Crippen LogP contribution >= 0.6 is 11.3 Å². The number of amides is 1. The highest BCUT2D eigenvalue weighted by Crippen LogP contribution is 2.46. The molecule has 0 aliphatic heterocycles. The summed E-state index contributed by atoms with van der Waals surface area (Å²) in [7, 11) is 0. The second-order valence-corrected chi connectivity index (χ2v) is 9.26. The minimum absolute atomic E-state index is 0.0649. The van der Waals surface area contributed by atoms with E-state index in [-0.39, 0.29) is 24.3 Å². The van der Waals surface area contributed by atoms with Gasteiger partial charge in [0.2, 0.25) is 5.91 Å². The lowest BCUT2D eigenvalue weighted by molar-refractivity contribution is -0.151. The van der Waals surface area contributed by atoms with Gasteiger partial charge in [0, 0.05) is 4.88 Å². The number of aryl methyl sites for hydroxylation is 1. The van der Waals surface area contributed by atoms with E-state index in [9.17, 15) is 19.5 Å². The molecule has 156 valence electrons. The Kier molecular flexibility index (Phi) is 5.76. The average molecular weight is 418 g/mol. The Hall–Kier alpha value is -2.15. The number of rotatable bonds is 5. The Morgan fingerprint density at radius 1 is 1.10 bits per heavy atom. The second-order valence-electron chi connectivity index (χ2n) is 8.16. The Morgan fingerprint density at radius 3 is 2.45 bits per heavy atom. The molecule has 5 rings (SSSR count). The van der Waals surface area contributed by atoms with Crippen molar-refractivity contribution in [3.8, 4) is 0 Å². The molecule has 1 aromatic heterocycles. The number of anilines is 1. The van der Waals surface area contributed by atoms with Gasteiger partial charge in [0.1, 0.15) is 5.00 Å². The van der Waals surface area contributed by atoms with E-state index in [2.05, 4.69) is 5.32 Å². The molecule has 2 N–H and O–H groups in total. The van der Waals surface area contributed by atoms with Crippen LogP contribution in [0.25, 0.3) is 0 Å². The zero-order valence-corrected chi connectivity index (χ0v) is 17.4. The molecular weight excluding hydrogens is 390 g/mol. The fraction of sp³-hybridized carbons (Fsp3) is 0.591. The number of ether oxygens (including phenoxy) is 1. The monoisotopic (exact) mass is 417 g/mol. The molecule has 1 heterocycles. The number of carbonyl (C=O) groups is 3. The van der Waals surface area contributed by atoms with Gasteiger partial charge in [-0.05, 0) is 62.8 Å². The predicted molar refractivity (Wildman–Crippen MR) is 110 cm³/mol. The maximum Gasteiger partial charge on any atom is 0.341 e. The van der Waals surface area contributed by atoms with E-state index >= 15 is 0 Å². The Bertz CT molecular complexity index is 858. The van der Waals surface area contributed by atoms with Crippen molar-refractivity contribution in [2.24, 2.45) is 23.7 Å². The topological polar surface area (TPSA) is 92.7 Å². The van der Waals surface area contributed by atoms with Crippen molar-refractivity contribution in [1.29, 1.82) is 0 Å². The molecule has 6 nitrogen and oxygen atoms in total. The van der Waals surface area contributed by atoms with Gasteiger partial charge in [-0.25, -0.2) is 4.79 Å². The van der Waals surface area contributed by atoms with Crippen LogP contribution in [0.5, 0.6) is 0 Å². The Labute approximate surface area is 174 Å². The number of carboxylic acid groups (broad SMARTS) is 1. The SMILES string of the molecule is CCOC(=O)c1c(NC(=O)[C@H]2[C@@H](C(=O)O)[C@H]3C=C[C@H]2CC3)sc2c1CCCCC2. The van der Waals surface area contributed by atoms with Gasteiger partial charge < -0.3 is 15.2 Å². The van der Waals surface area contributed by atoms with Crippen LogP contribution in [0.1, 0.15) is 59.8 Å². The van der Waals surface area contributed by atoms with Crippen molar-refractivity contribution in [3.63, 3.8) is 0 Å². The molecule has 4 aliphatic carbocycles. The molecule has 0 aromatic carbocycles. The summed E-state index contributed by atoms with van der Waals surface area (Å²) in [6.07, 6.45) is 10.5. The summed E-state index contributed by atoms with van der Waals surface area (Å²) in [5.41, 5.74) is 1.48. The van der Waals surface area contributed by atoms with E-state index in [1.54, 1.807) is 6.92 Å². The van der Waals surface area contributed by atoms with Crippen molar-refractivity contribution in [2.75, 3.05) is 11.9 Å². The number of thiophene rings is 1. The first kappa shape index (κ1) is 20.1. The fourth-order valence-electron chi connectivity index (χ4n) is 5.13. The Balaban J connectivity index is 1.65. The number of aliphatic carboxylic acids is 1. The first-order valence-corrected chi connectivity index (χ1v) is 11.4. The largest absolute Gasteiger partial charge is 0.481 e. The third-order valence-corrected chi connectivity index (χ3v) is 7.68. The maximum atomic E-state index is 13.2. The number of carboxylic acids is 1. The van der Waals surface area contributed by atoms with E-state index in [4.69, 9.17) is 4.74 Å². The van der Waals surface area contributed by atoms with Crippen molar-refractivity contribution in [3.05, 3.63) is 28.2 Å². The molecule has 4 atom stereocenters. The molecule has 0 spiro atoms. The van der Waals surface area contributed by atoms with E-state index in [0.717, 1.165) is 55.4 Å². The summed E-state index contributed by atoms with van der Waals surface area (Å²) < 4.78 is 5.28. The molecule has 1 saturated carbocycles. The average Bonchev–Trinajstić information content (AvgIpc) is 2.88. The number of allylic oxidation sites excluding steroid dienone is 2. The lowest BCUT2D eigenvalue weighted by Gasteiger charge is -2.41. The first-order valence-electron chi connectivity index (χ1n) is 10.5. The molecule has 1 aromatic rings. The summed E-state index contributed by atoms with van der Waals surface area (Å²) in [6, 6.07) is 0. The first-order chi connectivity index (χ1) is 14.0. The summed E-state index contributed by atoms with van der Waals surface area (Å²) >= 11 is 1.45. The van der Waals surface area contributed by atoms with Crippen LogP contribution in [0.2, 0.25) is 0 Å². The van der Waals surface area contributed by atoms with E-state index in [1.807, 2.05) is 12.2 Å². The molecule has 1 amide bonds. The van der Waals surface area contributed by atoms with Gasteiger partial charge in [0.15, 0.2) is 0 Å². The standard InChI is InChI=1S/C22H27NO5S/c1-2-28-22(27)18-14-6-4-3-5-7-15(14)29-20(18)23-19(24)16-12-8-10-13(11-9-12)17(16)21(25)26/h8,10,12-13,16-17H,2-7,9,11H2,1H3,(H,23,24)(H,25,26)/t12-,13-,16+,17-/m0/s1. The van der Waals surface area contributed by atoms with Crippen molar-refractivity contribution >= 4 is 34.2 Å². The number of nitrogens with one attached hydrogen (secondary N) is 1. The van der Waals surface area contributed by atoms with Crippen LogP contribution in [-0.2, 0) is 27.2 Å². The summed E-state index contributed by atoms with van der Waals surface area (Å²) in [4.78, 5) is 39.0. The van der Waals surface area contributed by atoms with Crippen LogP contribution in [0.15, 0.2) is 12.2 Å². The summed E-state index contributed by atoms with van der Waals surface area (Å²) in [5.74, 6) is -3.09.